The van der Waals surface area contributed by atoms with Crippen LogP contribution in [0.15, 0.2) is 0 Å². The number of nitrogen functional groups attached to an aromatic ring is 1. The molecule has 0 unspecified atom stereocenters. The van der Waals surface area contributed by atoms with Gasteiger partial charge in [0.2, 0.25) is 0 Å². The number of ether oxygens (including phenoxy) is 2. The average Bonchev–Trinajstić information content (AvgIpc) is 2.91. The molecule has 0 saturated heterocycles. The van der Waals surface area contributed by atoms with Crippen LogP contribution in [-0.2, 0) is 31.9 Å². The molecule has 0 spiro atoms. The van der Waals surface area contributed by atoms with Crippen molar-refractivity contribution in [2.75, 3.05) is 5.73 Å². The van der Waals surface area contributed by atoms with Gasteiger partial charge in [-0.3, -0.25) is 9.59 Å². The van der Waals surface area contributed by atoms with Gasteiger partial charge in [-0.15, -0.1) is 11.3 Å². The maximum atomic E-state index is 12.2. The van der Waals surface area contributed by atoms with Crippen LogP contribution in [0.1, 0.15) is 127 Å². The van der Waals surface area contributed by atoms with E-state index in [2.05, 4.69) is 0 Å². The first-order chi connectivity index (χ1) is 16.7. The van der Waals surface area contributed by atoms with Gasteiger partial charge < -0.3 is 15.2 Å². The van der Waals surface area contributed by atoms with E-state index in [0.29, 0.717) is 16.3 Å². The number of nitrogens with zero attached hydrogens (tertiary/aromatic N) is 1. The molecule has 2 aliphatic carbocycles. The molecule has 3 rings (SSSR count). The van der Waals surface area contributed by atoms with Gasteiger partial charge in [0.1, 0.15) is 28.4 Å². The lowest BCUT2D eigenvalue weighted by Crippen LogP contribution is -2.24. The largest absolute Gasteiger partial charge is 0.459 e. The summed E-state index contributed by atoms with van der Waals surface area (Å²) in [6, 6.07) is 1.72. The molecular formula is C28H44N2O5S. The van der Waals surface area contributed by atoms with Crippen LogP contribution >= 0.6 is 11.3 Å². The normalized spacial score (nSPS) is 15.9. The Kier molecular flexibility index (Phi) is 13.2. The van der Waals surface area contributed by atoms with Crippen LogP contribution in [0.3, 0.4) is 0 Å². The highest BCUT2D eigenvalue weighted by Gasteiger charge is 2.27. The summed E-state index contributed by atoms with van der Waals surface area (Å²) in [5, 5.41) is 8.70. The molecule has 0 aliphatic heterocycles. The van der Waals surface area contributed by atoms with E-state index in [1.54, 1.807) is 38.2 Å². The van der Waals surface area contributed by atoms with Crippen LogP contribution in [-0.4, -0.2) is 28.9 Å². The number of carbonyl (C=O) groups excluding carboxylic acids is 3. The molecule has 2 N–H and O–H groups in total. The van der Waals surface area contributed by atoms with Crippen molar-refractivity contribution >= 4 is 34.1 Å². The molecule has 7 nitrogen and oxygen atoms in total. The molecule has 202 valence electrons. The number of nitriles is 1. The summed E-state index contributed by atoms with van der Waals surface area (Å²) >= 11 is 1.56. The Balaban J connectivity index is 0.000000304. The van der Waals surface area contributed by atoms with Crippen molar-refractivity contribution in [3.8, 4) is 6.07 Å². The van der Waals surface area contributed by atoms with Crippen molar-refractivity contribution < 1.29 is 23.9 Å². The number of aryl methyl sites for hydroxylation is 1. The molecule has 1 heterocycles. The van der Waals surface area contributed by atoms with Crippen molar-refractivity contribution in [1.29, 1.82) is 5.26 Å². The number of rotatable bonds is 2. The van der Waals surface area contributed by atoms with Crippen LogP contribution in [0.2, 0.25) is 0 Å². The number of fused-ring (bicyclic) bond motifs is 1. The Morgan fingerprint density at radius 3 is 1.89 bits per heavy atom. The summed E-state index contributed by atoms with van der Waals surface area (Å²) in [6.07, 6.45) is 11.9. The predicted molar refractivity (Wildman–Crippen MR) is 144 cm³/mol. The molecule has 0 atom stereocenters. The summed E-state index contributed by atoms with van der Waals surface area (Å²) in [5.74, 6) is -0.253. The Morgan fingerprint density at radius 2 is 1.36 bits per heavy atom. The average molecular weight is 521 g/mol. The van der Waals surface area contributed by atoms with E-state index in [-0.39, 0.29) is 12.4 Å². The third-order valence-electron chi connectivity index (χ3n) is 5.36. The topological polar surface area (TPSA) is 119 Å². The number of carbonyl (C=O) groups is 3. The number of hydrogen-bond acceptors (Lipinski definition) is 8. The molecule has 8 heteroatoms. The standard InChI is InChI=1S/C14H21NO2S.C7H11NO2.C7H12O/c1-14(2,3)17-13(16)11-9-7-5-4-6-8-10(9)18-12(11)15;1-7(2,3)10-6(9)4-5-8;8-7-5-3-1-2-4-6-7/h4-8,15H2,1-3H3;4H2,1-3H3;1-6H2. The summed E-state index contributed by atoms with van der Waals surface area (Å²) in [7, 11) is 0. The van der Waals surface area contributed by atoms with E-state index < -0.39 is 17.2 Å². The Hall–Kier alpha value is -2.40. The minimum Gasteiger partial charge on any atom is -0.459 e. The lowest BCUT2D eigenvalue weighted by atomic mass is 10.1. The molecule has 1 aromatic rings. The highest BCUT2D eigenvalue weighted by atomic mass is 32.1. The molecule has 2 aliphatic rings. The van der Waals surface area contributed by atoms with E-state index in [4.69, 9.17) is 20.5 Å². The molecule has 0 amide bonds. The molecule has 0 aromatic carbocycles. The first-order valence-electron chi connectivity index (χ1n) is 13.0. The summed E-state index contributed by atoms with van der Waals surface area (Å²) in [4.78, 5) is 34.8. The fourth-order valence-electron chi connectivity index (χ4n) is 3.88. The van der Waals surface area contributed by atoms with Crippen LogP contribution in [0.25, 0.3) is 0 Å². The van der Waals surface area contributed by atoms with E-state index >= 15 is 0 Å². The molecule has 1 saturated carbocycles. The first-order valence-corrected chi connectivity index (χ1v) is 13.8. The van der Waals surface area contributed by atoms with Crippen LogP contribution in [0, 0.1) is 11.3 Å². The maximum Gasteiger partial charge on any atom is 0.341 e. The number of ketones is 1. The number of thiophene rings is 1. The summed E-state index contributed by atoms with van der Waals surface area (Å²) < 4.78 is 10.3. The monoisotopic (exact) mass is 520 g/mol. The SMILES string of the molecule is CC(C)(C)OC(=O)CC#N.CC(C)(C)OC(=O)c1c(N)sc2c1CCCCC2.O=C1CCCCCC1. The van der Waals surface area contributed by atoms with Gasteiger partial charge in [0, 0.05) is 17.7 Å². The van der Waals surface area contributed by atoms with Crippen LogP contribution in [0.4, 0.5) is 5.00 Å². The highest BCUT2D eigenvalue weighted by Crippen LogP contribution is 2.36. The number of esters is 2. The Bertz CT molecular complexity index is 906. The van der Waals surface area contributed by atoms with Crippen LogP contribution in [0.5, 0.6) is 0 Å². The zero-order valence-corrected chi connectivity index (χ0v) is 23.8. The van der Waals surface area contributed by atoms with Crippen molar-refractivity contribution in [3.63, 3.8) is 0 Å². The van der Waals surface area contributed by atoms with Gasteiger partial charge in [-0.05, 0) is 85.6 Å². The number of hydrogen-bond donors (Lipinski definition) is 1. The molecule has 0 radical (unpaired) electrons. The molecule has 36 heavy (non-hydrogen) atoms. The number of anilines is 1. The van der Waals surface area contributed by atoms with Crippen molar-refractivity contribution in [3.05, 3.63) is 16.0 Å². The molecule has 0 bridgehead atoms. The maximum absolute atomic E-state index is 12.2. The highest BCUT2D eigenvalue weighted by molar-refractivity contribution is 7.16. The fourth-order valence-corrected chi connectivity index (χ4v) is 5.03. The van der Waals surface area contributed by atoms with E-state index in [1.807, 2.05) is 20.8 Å². The van der Waals surface area contributed by atoms with Gasteiger partial charge in [-0.1, -0.05) is 19.3 Å². The van der Waals surface area contributed by atoms with Crippen molar-refractivity contribution in [2.24, 2.45) is 0 Å². The minimum absolute atomic E-state index is 0.169. The van der Waals surface area contributed by atoms with Crippen molar-refractivity contribution in [1.82, 2.24) is 0 Å². The molecule has 1 aromatic heterocycles. The third kappa shape index (κ3) is 13.1. The lowest BCUT2D eigenvalue weighted by Gasteiger charge is -2.20. The van der Waals surface area contributed by atoms with Crippen LogP contribution < -0.4 is 5.73 Å². The Morgan fingerprint density at radius 1 is 0.861 bits per heavy atom. The van der Waals surface area contributed by atoms with Gasteiger partial charge in [-0.2, -0.15) is 5.26 Å². The third-order valence-corrected chi connectivity index (χ3v) is 6.48. The predicted octanol–water partition coefficient (Wildman–Crippen LogP) is 6.71. The molecule has 1 fully saturated rings. The van der Waals surface area contributed by atoms with Crippen molar-refractivity contribution in [2.45, 2.75) is 130 Å². The number of nitrogens with two attached hydrogens (primary N) is 1. The smallest absolute Gasteiger partial charge is 0.341 e. The second-order valence-electron chi connectivity index (χ2n) is 11.2. The zero-order chi connectivity index (χ0) is 27.4. The van der Waals surface area contributed by atoms with Gasteiger partial charge >= 0.3 is 11.9 Å². The van der Waals surface area contributed by atoms with Gasteiger partial charge in [-0.25, -0.2) is 4.79 Å². The second kappa shape index (κ2) is 15.0. The van der Waals surface area contributed by atoms with E-state index in [0.717, 1.165) is 50.5 Å². The quantitative estimate of drug-likeness (QED) is 0.261. The van der Waals surface area contributed by atoms with Gasteiger partial charge in [0.05, 0.1) is 11.6 Å². The van der Waals surface area contributed by atoms with Gasteiger partial charge in [0.15, 0.2) is 0 Å². The zero-order valence-electron chi connectivity index (χ0n) is 23.0. The second-order valence-corrected chi connectivity index (χ2v) is 12.3. The fraction of sp³-hybridized carbons (Fsp3) is 0.714. The molecular weight excluding hydrogens is 476 g/mol. The summed E-state index contributed by atoms with van der Waals surface area (Å²) in [5.41, 5.74) is 6.84. The summed E-state index contributed by atoms with van der Waals surface area (Å²) in [6.45, 7) is 10.9. The minimum atomic E-state index is -0.478. The van der Waals surface area contributed by atoms with Gasteiger partial charge in [0.25, 0.3) is 0 Å². The lowest BCUT2D eigenvalue weighted by molar-refractivity contribution is -0.153. The van der Waals surface area contributed by atoms with E-state index in [9.17, 15) is 14.4 Å². The number of Topliss-reactive ketones (excluding diaryl/α,β-unsaturated/α-hetero) is 1. The first kappa shape index (κ1) is 31.6. The van der Waals surface area contributed by atoms with E-state index in [1.165, 1.54) is 30.6 Å². The Labute approximate surface area is 220 Å².